The normalized spacial score (nSPS) is 57.1. The molecule has 0 bridgehead atoms. The number of hydrogen-bond acceptors (Lipinski definition) is 5. The van der Waals surface area contributed by atoms with Crippen molar-refractivity contribution in [2.45, 2.75) is 63.3 Å². The number of carbonyl (C=O) groups is 2. The van der Waals surface area contributed by atoms with E-state index in [0.29, 0.717) is 6.42 Å². The maximum atomic E-state index is 16.8. The van der Waals surface area contributed by atoms with Crippen LogP contribution in [0.4, 0.5) is 8.78 Å². The molecule has 0 aromatic rings. The van der Waals surface area contributed by atoms with Gasteiger partial charge < -0.3 is 14.9 Å². The lowest BCUT2D eigenvalue weighted by Gasteiger charge is -2.62. The van der Waals surface area contributed by atoms with Crippen LogP contribution in [0.1, 0.15) is 33.1 Å². The van der Waals surface area contributed by atoms with E-state index in [0.717, 1.165) is 6.08 Å². The first-order valence-corrected chi connectivity index (χ1v) is 9.89. The molecule has 3 saturated carbocycles. The van der Waals surface area contributed by atoms with E-state index in [2.05, 4.69) is 0 Å². The van der Waals surface area contributed by atoms with Crippen molar-refractivity contribution in [3.63, 3.8) is 0 Å². The molecule has 4 fully saturated rings. The molecule has 152 valence electrons. The average Bonchev–Trinajstić information content (AvgIpc) is 3.06. The van der Waals surface area contributed by atoms with Crippen LogP contribution >= 0.6 is 0 Å². The molecule has 0 aromatic heterocycles. The van der Waals surface area contributed by atoms with Gasteiger partial charge in [0.1, 0.15) is 12.3 Å². The highest BCUT2D eigenvalue weighted by Gasteiger charge is 2.75. The van der Waals surface area contributed by atoms with Gasteiger partial charge in [0.15, 0.2) is 17.6 Å². The Hall–Kier alpha value is -1.60. The third-order valence-corrected chi connectivity index (χ3v) is 8.56. The third kappa shape index (κ3) is 1.88. The highest BCUT2D eigenvalue weighted by Crippen LogP contribution is 2.70. The van der Waals surface area contributed by atoms with Crippen LogP contribution in [-0.4, -0.2) is 52.1 Å². The summed E-state index contributed by atoms with van der Waals surface area (Å²) in [4.78, 5) is 23.6. The van der Waals surface area contributed by atoms with Crippen LogP contribution in [0.5, 0.6) is 0 Å². The Bertz CT molecular complexity index is 839. The molecule has 5 aliphatic rings. The lowest BCUT2D eigenvalue weighted by Crippen LogP contribution is -2.68. The summed E-state index contributed by atoms with van der Waals surface area (Å²) in [5.74, 6) is -2.75. The molecule has 0 amide bonds. The number of carbonyl (C=O) groups excluding carboxylic acids is 2. The molecule has 5 nitrogen and oxygen atoms in total. The molecule has 10 atom stereocenters. The van der Waals surface area contributed by atoms with E-state index in [1.165, 1.54) is 12.2 Å². The molecular formula is C21H24F2O5. The van der Waals surface area contributed by atoms with Crippen molar-refractivity contribution in [1.29, 1.82) is 0 Å². The molecule has 0 spiro atoms. The standard InChI is InChI=1S/C21H24F2O5/c1-19-8-15(25)21(23)11(10(19)7-14-16(19)17(26)18(27)28-14)6-13(22)12-5-9(24)3-4-20(12,21)2/h3-5,10-11,13-17,25-26H,6-8H2,1-2H3/t10-,11-,13-,14+,15-,16-,17+,19-,20-,21-/m0/s1. The molecule has 5 rings (SSSR count). The first-order chi connectivity index (χ1) is 13.0. The number of fused-ring (bicyclic) bond motifs is 7. The summed E-state index contributed by atoms with van der Waals surface area (Å²) in [6.07, 6.45) is -0.694. The minimum absolute atomic E-state index is 0.0428. The van der Waals surface area contributed by atoms with Gasteiger partial charge in [0, 0.05) is 17.3 Å². The third-order valence-electron chi connectivity index (χ3n) is 8.56. The van der Waals surface area contributed by atoms with Crippen LogP contribution < -0.4 is 0 Å². The summed E-state index contributed by atoms with van der Waals surface area (Å²) < 4.78 is 37.3. The van der Waals surface area contributed by atoms with Crippen molar-refractivity contribution in [3.8, 4) is 0 Å². The minimum atomic E-state index is -2.14. The second-order valence-corrected chi connectivity index (χ2v) is 9.63. The van der Waals surface area contributed by atoms with Gasteiger partial charge in [-0.1, -0.05) is 13.0 Å². The number of aliphatic hydroxyl groups is 2. The molecule has 1 saturated heterocycles. The average molecular weight is 394 g/mol. The van der Waals surface area contributed by atoms with Gasteiger partial charge >= 0.3 is 5.97 Å². The number of esters is 1. The number of allylic oxidation sites excluding steroid dienone is 4. The summed E-state index contributed by atoms with van der Waals surface area (Å²) >= 11 is 0. The number of hydrogen-bond donors (Lipinski definition) is 2. The summed E-state index contributed by atoms with van der Waals surface area (Å²) in [5.41, 5.74) is -4.21. The van der Waals surface area contributed by atoms with E-state index in [1.807, 2.05) is 6.92 Å². The Labute approximate surface area is 161 Å². The number of rotatable bonds is 0. The number of alkyl halides is 2. The molecular weight excluding hydrogens is 370 g/mol. The maximum Gasteiger partial charge on any atom is 0.335 e. The Kier molecular flexibility index (Phi) is 3.49. The minimum Gasteiger partial charge on any atom is -0.460 e. The van der Waals surface area contributed by atoms with Crippen molar-refractivity contribution in [3.05, 3.63) is 23.8 Å². The zero-order chi connectivity index (χ0) is 20.2. The Morgan fingerprint density at radius 3 is 2.61 bits per heavy atom. The second kappa shape index (κ2) is 5.30. The topological polar surface area (TPSA) is 83.8 Å². The second-order valence-electron chi connectivity index (χ2n) is 9.63. The van der Waals surface area contributed by atoms with Gasteiger partial charge in [0.2, 0.25) is 0 Å². The monoisotopic (exact) mass is 394 g/mol. The van der Waals surface area contributed by atoms with Gasteiger partial charge in [0.25, 0.3) is 0 Å². The molecule has 1 heterocycles. The van der Waals surface area contributed by atoms with Gasteiger partial charge in [-0.2, -0.15) is 0 Å². The zero-order valence-corrected chi connectivity index (χ0v) is 15.8. The van der Waals surface area contributed by atoms with Crippen LogP contribution in [0.25, 0.3) is 0 Å². The van der Waals surface area contributed by atoms with Crippen LogP contribution in [0.15, 0.2) is 23.8 Å². The van der Waals surface area contributed by atoms with Crippen molar-refractivity contribution in [2.75, 3.05) is 0 Å². The lowest BCUT2D eigenvalue weighted by atomic mass is 9.45. The van der Waals surface area contributed by atoms with Crippen LogP contribution in [0.2, 0.25) is 0 Å². The first-order valence-electron chi connectivity index (χ1n) is 9.89. The quantitative estimate of drug-likeness (QED) is 0.613. The molecule has 1 aliphatic heterocycles. The summed E-state index contributed by atoms with van der Waals surface area (Å²) in [5, 5.41) is 21.4. The van der Waals surface area contributed by atoms with Crippen molar-refractivity contribution < 1.29 is 33.3 Å². The van der Waals surface area contributed by atoms with Crippen molar-refractivity contribution in [1.82, 2.24) is 0 Å². The Morgan fingerprint density at radius 2 is 1.89 bits per heavy atom. The highest BCUT2D eigenvalue weighted by molar-refractivity contribution is 6.01. The summed E-state index contributed by atoms with van der Waals surface area (Å²) in [7, 11) is 0. The van der Waals surface area contributed by atoms with E-state index in [9.17, 15) is 19.8 Å². The van der Waals surface area contributed by atoms with E-state index in [4.69, 9.17) is 4.74 Å². The first kappa shape index (κ1) is 18.4. The van der Waals surface area contributed by atoms with Gasteiger partial charge in [-0.15, -0.1) is 0 Å². The number of ketones is 1. The number of halogens is 2. The molecule has 4 aliphatic carbocycles. The van der Waals surface area contributed by atoms with Gasteiger partial charge in [-0.25, -0.2) is 13.6 Å². The molecule has 7 heteroatoms. The smallest absolute Gasteiger partial charge is 0.335 e. The SMILES string of the molecule is C[C@]12C[C@H](O)[C@@]3(F)[C@@H](C[C@H](F)C4=CC(=O)C=C[C@@]43C)[C@@H]1C[C@H]1OC(=O)[C@H](O)[C@H]12. The molecule has 0 unspecified atom stereocenters. The number of aliphatic hydroxyl groups excluding tert-OH is 2. The molecule has 0 aromatic carbocycles. The predicted octanol–water partition coefficient (Wildman–Crippen LogP) is 1.82. The van der Waals surface area contributed by atoms with Gasteiger partial charge in [0.05, 0.1) is 6.10 Å². The largest absolute Gasteiger partial charge is 0.460 e. The fourth-order valence-electron chi connectivity index (χ4n) is 7.28. The van der Waals surface area contributed by atoms with E-state index < -0.39 is 58.8 Å². The predicted molar refractivity (Wildman–Crippen MR) is 93.4 cm³/mol. The molecule has 0 radical (unpaired) electrons. The highest BCUT2D eigenvalue weighted by atomic mass is 19.1. The van der Waals surface area contributed by atoms with Crippen LogP contribution in [0.3, 0.4) is 0 Å². The van der Waals surface area contributed by atoms with Crippen molar-refractivity contribution >= 4 is 11.8 Å². The Morgan fingerprint density at radius 1 is 1.18 bits per heavy atom. The summed E-state index contributed by atoms with van der Waals surface area (Å²) in [6.45, 7) is 3.40. The summed E-state index contributed by atoms with van der Waals surface area (Å²) in [6, 6.07) is 0. The zero-order valence-electron chi connectivity index (χ0n) is 15.8. The Balaban J connectivity index is 1.62. The number of ether oxygens (including phenoxy) is 1. The fraction of sp³-hybridized carbons (Fsp3) is 0.714. The van der Waals surface area contributed by atoms with Crippen LogP contribution in [0, 0.1) is 28.6 Å². The molecule has 2 N–H and O–H groups in total. The van der Waals surface area contributed by atoms with E-state index >= 15 is 8.78 Å². The van der Waals surface area contributed by atoms with Gasteiger partial charge in [-0.05, 0) is 55.2 Å². The van der Waals surface area contributed by atoms with Gasteiger partial charge in [-0.3, -0.25) is 4.79 Å². The lowest BCUT2D eigenvalue weighted by molar-refractivity contribution is -0.205. The van der Waals surface area contributed by atoms with Crippen LogP contribution in [-0.2, 0) is 14.3 Å². The maximum absolute atomic E-state index is 16.8. The van der Waals surface area contributed by atoms with E-state index in [1.54, 1.807) is 6.92 Å². The fourth-order valence-corrected chi connectivity index (χ4v) is 7.28. The molecule has 28 heavy (non-hydrogen) atoms. The van der Waals surface area contributed by atoms with E-state index in [-0.39, 0.29) is 30.1 Å². The van der Waals surface area contributed by atoms with Crippen molar-refractivity contribution in [2.24, 2.45) is 28.6 Å².